The van der Waals surface area contributed by atoms with E-state index in [1.165, 1.54) is 0 Å². The maximum Gasteiger partial charge on any atom is 0.191 e. The molecule has 0 aromatic carbocycles. The molecule has 7 heteroatoms. The van der Waals surface area contributed by atoms with Crippen molar-refractivity contribution in [3.05, 3.63) is 18.2 Å². The van der Waals surface area contributed by atoms with Gasteiger partial charge in [0, 0.05) is 39.6 Å². The Kier molecular flexibility index (Phi) is 10.4. The van der Waals surface area contributed by atoms with Crippen LogP contribution in [0.4, 0.5) is 0 Å². The van der Waals surface area contributed by atoms with Crippen molar-refractivity contribution in [1.82, 2.24) is 20.2 Å². The number of aromatic nitrogens is 2. The van der Waals surface area contributed by atoms with Gasteiger partial charge in [0.15, 0.2) is 5.96 Å². The van der Waals surface area contributed by atoms with Crippen LogP contribution in [0.2, 0.25) is 0 Å². The fraction of sp³-hybridized carbons (Fsp3) is 0.692. The Labute approximate surface area is 138 Å². The van der Waals surface area contributed by atoms with E-state index in [-0.39, 0.29) is 24.0 Å². The van der Waals surface area contributed by atoms with E-state index in [2.05, 4.69) is 39.0 Å². The maximum absolute atomic E-state index is 4.99. The lowest BCUT2D eigenvalue weighted by molar-refractivity contribution is 0.203. The van der Waals surface area contributed by atoms with Crippen molar-refractivity contribution in [3.8, 4) is 0 Å². The molecule has 116 valence electrons. The summed E-state index contributed by atoms with van der Waals surface area (Å²) in [6, 6.07) is 0. The zero-order chi connectivity index (χ0) is 14.1. The Hall–Kier alpha value is -0.830. The van der Waals surface area contributed by atoms with Crippen LogP contribution in [0, 0.1) is 5.92 Å². The third-order valence-electron chi connectivity index (χ3n) is 2.60. The topological polar surface area (TPSA) is 63.5 Å². The van der Waals surface area contributed by atoms with Crippen LogP contribution in [-0.2, 0) is 17.8 Å². The van der Waals surface area contributed by atoms with Crippen LogP contribution in [0.5, 0.6) is 0 Å². The number of nitrogens with one attached hydrogen (secondary N) is 2. The molecule has 0 aliphatic heterocycles. The zero-order valence-electron chi connectivity index (χ0n) is 12.7. The monoisotopic (exact) mass is 395 g/mol. The largest absolute Gasteiger partial charge is 0.383 e. The second-order valence-corrected chi connectivity index (χ2v) is 4.74. The van der Waals surface area contributed by atoms with Crippen molar-refractivity contribution in [1.29, 1.82) is 0 Å². The van der Waals surface area contributed by atoms with Crippen molar-refractivity contribution < 1.29 is 4.74 Å². The predicted octanol–water partition coefficient (Wildman–Crippen LogP) is 1.47. The quantitative estimate of drug-likeness (QED) is 0.318. The van der Waals surface area contributed by atoms with Gasteiger partial charge in [-0.1, -0.05) is 13.8 Å². The standard InChI is InChI=1S/C13H25N5O.HI/c1-11(2)10-18-7-5-15-12(18)9-17-13(14-3)16-6-8-19-4;/h5,7,11H,6,8-10H2,1-4H3,(H2,14,16,17);1H. The highest BCUT2D eigenvalue weighted by molar-refractivity contribution is 14.0. The highest BCUT2D eigenvalue weighted by Gasteiger charge is 2.05. The summed E-state index contributed by atoms with van der Waals surface area (Å²) < 4.78 is 7.15. The van der Waals surface area contributed by atoms with Crippen LogP contribution in [0.25, 0.3) is 0 Å². The highest BCUT2D eigenvalue weighted by Crippen LogP contribution is 2.03. The van der Waals surface area contributed by atoms with Crippen LogP contribution in [-0.4, -0.2) is 42.8 Å². The Balaban J connectivity index is 0.00000361. The summed E-state index contributed by atoms with van der Waals surface area (Å²) in [5, 5.41) is 6.41. The van der Waals surface area contributed by atoms with E-state index in [1.54, 1.807) is 14.2 Å². The van der Waals surface area contributed by atoms with Gasteiger partial charge in [0.05, 0.1) is 13.2 Å². The fourth-order valence-electron chi connectivity index (χ4n) is 1.72. The van der Waals surface area contributed by atoms with Gasteiger partial charge in [0.25, 0.3) is 0 Å². The van der Waals surface area contributed by atoms with Crippen molar-refractivity contribution >= 4 is 29.9 Å². The van der Waals surface area contributed by atoms with Crippen molar-refractivity contribution in [3.63, 3.8) is 0 Å². The second-order valence-electron chi connectivity index (χ2n) is 4.74. The van der Waals surface area contributed by atoms with Crippen LogP contribution in [0.15, 0.2) is 17.4 Å². The SMILES string of the molecule is CN=C(NCCOC)NCc1nccn1CC(C)C.I. The average Bonchev–Trinajstić information content (AvgIpc) is 2.80. The summed E-state index contributed by atoms with van der Waals surface area (Å²) in [6.45, 7) is 7.42. The fourth-order valence-corrected chi connectivity index (χ4v) is 1.72. The number of hydrogen-bond donors (Lipinski definition) is 2. The molecule has 1 aromatic heterocycles. The van der Waals surface area contributed by atoms with Crippen LogP contribution in [0.3, 0.4) is 0 Å². The van der Waals surface area contributed by atoms with Gasteiger partial charge in [-0.15, -0.1) is 24.0 Å². The molecule has 1 rings (SSSR count). The van der Waals surface area contributed by atoms with Gasteiger partial charge in [-0.2, -0.15) is 0 Å². The molecular weight excluding hydrogens is 369 g/mol. The Morgan fingerprint density at radius 3 is 2.80 bits per heavy atom. The van der Waals surface area contributed by atoms with Crippen LogP contribution in [0.1, 0.15) is 19.7 Å². The molecular formula is C13H26IN5O. The third-order valence-corrected chi connectivity index (χ3v) is 2.60. The molecule has 0 unspecified atom stereocenters. The second kappa shape index (κ2) is 10.9. The first kappa shape index (κ1) is 19.2. The first-order valence-electron chi connectivity index (χ1n) is 6.60. The van der Waals surface area contributed by atoms with Crippen LogP contribution >= 0.6 is 24.0 Å². The predicted molar refractivity (Wildman–Crippen MR) is 92.6 cm³/mol. The molecule has 0 radical (unpaired) electrons. The molecule has 0 bridgehead atoms. The number of nitrogens with zero attached hydrogens (tertiary/aromatic N) is 3. The van der Waals surface area contributed by atoms with E-state index in [0.29, 0.717) is 19.1 Å². The number of imidazole rings is 1. The minimum absolute atomic E-state index is 0. The molecule has 1 heterocycles. The first-order valence-corrected chi connectivity index (χ1v) is 6.60. The van der Waals surface area contributed by atoms with Crippen molar-refractivity contribution in [2.75, 3.05) is 27.3 Å². The van der Waals surface area contributed by atoms with Gasteiger partial charge < -0.3 is 19.9 Å². The molecule has 0 saturated carbocycles. The molecule has 0 aliphatic rings. The lowest BCUT2D eigenvalue weighted by Gasteiger charge is -2.13. The lowest BCUT2D eigenvalue weighted by atomic mass is 10.2. The minimum atomic E-state index is 0. The van der Waals surface area contributed by atoms with E-state index in [1.807, 2.05) is 12.4 Å². The van der Waals surface area contributed by atoms with Gasteiger partial charge in [-0.25, -0.2) is 4.98 Å². The van der Waals surface area contributed by atoms with Crippen molar-refractivity contribution in [2.24, 2.45) is 10.9 Å². The molecule has 0 fully saturated rings. The molecule has 1 aromatic rings. The molecule has 2 N–H and O–H groups in total. The molecule has 0 saturated heterocycles. The summed E-state index contributed by atoms with van der Waals surface area (Å²) >= 11 is 0. The third kappa shape index (κ3) is 7.09. The lowest BCUT2D eigenvalue weighted by Crippen LogP contribution is -2.39. The smallest absolute Gasteiger partial charge is 0.191 e. The molecule has 0 aliphatic carbocycles. The summed E-state index contributed by atoms with van der Waals surface area (Å²) in [6.07, 6.45) is 3.85. The van der Waals surface area contributed by atoms with Crippen molar-refractivity contribution in [2.45, 2.75) is 26.9 Å². The van der Waals surface area contributed by atoms with Gasteiger partial charge in [0.1, 0.15) is 5.82 Å². The average molecular weight is 395 g/mol. The first-order chi connectivity index (χ1) is 9.17. The minimum Gasteiger partial charge on any atom is -0.383 e. The zero-order valence-corrected chi connectivity index (χ0v) is 15.0. The van der Waals surface area contributed by atoms with Crippen LogP contribution < -0.4 is 10.6 Å². The normalized spacial score (nSPS) is 11.3. The number of halogens is 1. The van der Waals surface area contributed by atoms with Gasteiger partial charge in [-0.05, 0) is 5.92 Å². The molecule has 6 nitrogen and oxygen atoms in total. The molecule has 0 spiro atoms. The number of rotatable bonds is 7. The van der Waals surface area contributed by atoms with E-state index in [0.717, 1.165) is 24.9 Å². The summed E-state index contributed by atoms with van der Waals surface area (Å²) in [7, 11) is 3.43. The Morgan fingerprint density at radius 2 is 2.20 bits per heavy atom. The number of guanidine groups is 1. The number of hydrogen-bond acceptors (Lipinski definition) is 3. The van der Waals surface area contributed by atoms with E-state index < -0.39 is 0 Å². The molecule has 20 heavy (non-hydrogen) atoms. The number of ether oxygens (including phenoxy) is 1. The van der Waals surface area contributed by atoms with E-state index in [9.17, 15) is 0 Å². The van der Waals surface area contributed by atoms with E-state index >= 15 is 0 Å². The molecule has 0 atom stereocenters. The van der Waals surface area contributed by atoms with Gasteiger partial charge >= 0.3 is 0 Å². The summed E-state index contributed by atoms with van der Waals surface area (Å²) in [5.74, 6) is 2.38. The van der Waals surface area contributed by atoms with Gasteiger partial charge in [0.2, 0.25) is 0 Å². The maximum atomic E-state index is 4.99. The Morgan fingerprint density at radius 1 is 1.45 bits per heavy atom. The summed E-state index contributed by atoms with van der Waals surface area (Å²) in [5.41, 5.74) is 0. The number of aliphatic imine (C=N–C) groups is 1. The number of methoxy groups -OCH3 is 1. The molecule has 0 amide bonds. The highest BCUT2D eigenvalue weighted by atomic mass is 127. The summed E-state index contributed by atoms with van der Waals surface area (Å²) in [4.78, 5) is 8.52. The van der Waals surface area contributed by atoms with Gasteiger partial charge in [-0.3, -0.25) is 4.99 Å². The van der Waals surface area contributed by atoms with E-state index in [4.69, 9.17) is 4.74 Å². The Bertz CT molecular complexity index is 392.